The van der Waals surface area contributed by atoms with Gasteiger partial charge in [-0.3, -0.25) is 0 Å². The zero-order valence-electron chi connectivity index (χ0n) is 10.1. The second-order valence-corrected chi connectivity index (χ2v) is 5.12. The summed E-state index contributed by atoms with van der Waals surface area (Å²) < 4.78 is 0. The minimum Gasteiger partial charge on any atom is -0.389 e. The number of hydrogen-bond acceptors (Lipinski definition) is 3. The van der Waals surface area contributed by atoms with Gasteiger partial charge < -0.3 is 16.2 Å². The first-order chi connectivity index (χ1) is 7.09. The second-order valence-electron chi connectivity index (χ2n) is 5.12. The molecule has 15 heavy (non-hydrogen) atoms. The van der Waals surface area contributed by atoms with Gasteiger partial charge in [0.25, 0.3) is 0 Å². The van der Waals surface area contributed by atoms with Crippen LogP contribution in [0, 0.1) is 5.92 Å². The lowest BCUT2D eigenvalue weighted by Crippen LogP contribution is -2.47. The van der Waals surface area contributed by atoms with Gasteiger partial charge in [-0.1, -0.05) is 19.8 Å². The molecule has 0 saturated heterocycles. The van der Waals surface area contributed by atoms with Crippen molar-refractivity contribution in [1.29, 1.82) is 0 Å². The van der Waals surface area contributed by atoms with E-state index in [9.17, 15) is 5.11 Å². The smallest absolute Gasteiger partial charge is 0.0741 e. The summed E-state index contributed by atoms with van der Waals surface area (Å²) in [6.45, 7) is 5.36. The summed E-state index contributed by atoms with van der Waals surface area (Å²) in [7, 11) is 0. The average molecular weight is 214 g/mol. The maximum atomic E-state index is 9.92. The predicted molar refractivity (Wildman–Crippen MR) is 63.7 cm³/mol. The maximum Gasteiger partial charge on any atom is 0.0741 e. The van der Waals surface area contributed by atoms with Gasteiger partial charge in [-0.2, -0.15) is 0 Å². The molecule has 90 valence electrons. The molecule has 3 unspecified atom stereocenters. The molecule has 0 heterocycles. The van der Waals surface area contributed by atoms with Crippen molar-refractivity contribution >= 4 is 0 Å². The fourth-order valence-electron chi connectivity index (χ4n) is 2.23. The van der Waals surface area contributed by atoms with Crippen LogP contribution < -0.4 is 11.1 Å². The number of nitrogens with two attached hydrogens (primary N) is 1. The summed E-state index contributed by atoms with van der Waals surface area (Å²) in [6.07, 6.45) is 5.84. The molecule has 1 aliphatic rings. The van der Waals surface area contributed by atoms with E-state index < -0.39 is 5.60 Å². The van der Waals surface area contributed by atoms with Crippen LogP contribution in [-0.4, -0.2) is 29.8 Å². The molecule has 0 aliphatic heterocycles. The van der Waals surface area contributed by atoms with Crippen LogP contribution in [0.1, 0.15) is 46.0 Å². The van der Waals surface area contributed by atoms with E-state index in [4.69, 9.17) is 5.73 Å². The monoisotopic (exact) mass is 214 g/mol. The van der Waals surface area contributed by atoms with E-state index in [-0.39, 0.29) is 0 Å². The average Bonchev–Trinajstić information content (AvgIpc) is 2.27. The van der Waals surface area contributed by atoms with E-state index in [0.717, 1.165) is 13.0 Å². The van der Waals surface area contributed by atoms with Gasteiger partial charge in [0.05, 0.1) is 5.60 Å². The Labute approximate surface area is 93.4 Å². The summed E-state index contributed by atoms with van der Waals surface area (Å²) in [5, 5.41) is 13.4. The molecule has 1 saturated carbocycles. The Hall–Kier alpha value is -0.120. The SMILES string of the molecule is CCC(C)(O)CNC1CCCCC1CN. The highest BCUT2D eigenvalue weighted by atomic mass is 16.3. The van der Waals surface area contributed by atoms with Crippen LogP contribution in [0.25, 0.3) is 0 Å². The van der Waals surface area contributed by atoms with Gasteiger partial charge in [0.15, 0.2) is 0 Å². The molecular weight excluding hydrogens is 188 g/mol. The van der Waals surface area contributed by atoms with Crippen LogP contribution in [-0.2, 0) is 0 Å². The van der Waals surface area contributed by atoms with Crippen molar-refractivity contribution in [2.75, 3.05) is 13.1 Å². The third kappa shape index (κ3) is 4.09. The van der Waals surface area contributed by atoms with Crippen molar-refractivity contribution in [3.63, 3.8) is 0 Å². The molecule has 0 aromatic carbocycles. The van der Waals surface area contributed by atoms with Gasteiger partial charge in [0.2, 0.25) is 0 Å². The highest BCUT2D eigenvalue weighted by Crippen LogP contribution is 2.23. The number of aliphatic hydroxyl groups is 1. The second kappa shape index (κ2) is 5.83. The molecule has 0 aromatic heterocycles. The van der Waals surface area contributed by atoms with Crippen LogP contribution in [0.15, 0.2) is 0 Å². The van der Waals surface area contributed by atoms with Crippen LogP contribution in [0.3, 0.4) is 0 Å². The quantitative estimate of drug-likeness (QED) is 0.645. The number of hydrogen-bond donors (Lipinski definition) is 3. The summed E-state index contributed by atoms with van der Waals surface area (Å²) in [5.41, 5.74) is 5.19. The van der Waals surface area contributed by atoms with Gasteiger partial charge in [-0.25, -0.2) is 0 Å². The Bertz CT molecular complexity index is 182. The molecule has 0 amide bonds. The Morgan fingerprint density at radius 3 is 2.67 bits per heavy atom. The molecule has 1 aliphatic carbocycles. The van der Waals surface area contributed by atoms with Crippen molar-refractivity contribution in [2.24, 2.45) is 11.7 Å². The Balaban J connectivity index is 2.35. The van der Waals surface area contributed by atoms with E-state index in [1.165, 1.54) is 25.7 Å². The number of rotatable bonds is 5. The maximum absolute atomic E-state index is 9.92. The molecule has 0 spiro atoms. The highest BCUT2D eigenvalue weighted by molar-refractivity contribution is 4.84. The third-order valence-corrected chi connectivity index (χ3v) is 3.72. The normalized spacial score (nSPS) is 31.2. The zero-order valence-corrected chi connectivity index (χ0v) is 10.1. The molecule has 4 N–H and O–H groups in total. The van der Waals surface area contributed by atoms with Crippen molar-refractivity contribution in [3.8, 4) is 0 Å². The molecule has 0 bridgehead atoms. The highest BCUT2D eigenvalue weighted by Gasteiger charge is 2.26. The van der Waals surface area contributed by atoms with Crippen LogP contribution in [0.2, 0.25) is 0 Å². The first kappa shape index (κ1) is 12.9. The lowest BCUT2D eigenvalue weighted by atomic mass is 9.84. The van der Waals surface area contributed by atoms with Crippen LogP contribution >= 0.6 is 0 Å². The largest absolute Gasteiger partial charge is 0.389 e. The fourth-order valence-corrected chi connectivity index (χ4v) is 2.23. The van der Waals surface area contributed by atoms with Crippen LogP contribution in [0.4, 0.5) is 0 Å². The van der Waals surface area contributed by atoms with E-state index in [1.54, 1.807) is 0 Å². The van der Waals surface area contributed by atoms with Crippen molar-refractivity contribution in [3.05, 3.63) is 0 Å². The van der Waals surface area contributed by atoms with Gasteiger partial charge in [0.1, 0.15) is 0 Å². The number of nitrogens with one attached hydrogen (secondary N) is 1. The molecule has 3 atom stereocenters. The molecule has 3 heteroatoms. The topological polar surface area (TPSA) is 58.3 Å². The fraction of sp³-hybridized carbons (Fsp3) is 1.00. The predicted octanol–water partition coefficient (Wildman–Crippen LogP) is 1.25. The molecule has 0 aromatic rings. The molecule has 1 fully saturated rings. The van der Waals surface area contributed by atoms with Crippen molar-refractivity contribution in [2.45, 2.75) is 57.6 Å². The van der Waals surface area contributed by atoms with Gasteiger partial charge in [-0.05, 0) is 38.6 Å². The minimum atomic E-state index is -0.573. The lowest BCUT2D eigenvalue weighted by Gasteiger charge is -2.34. The third-order valence-electron chi connectivity index (χ3n) is 3.72. The molecule has 1 rings (SSSR count). The van der Waals surface area contributed by atoms with Gasteiger partial charge >= 0.3 is 0 Å². The molecular formula is C12H26N2O. The van der Waals surface area contributed by atoms with E-state index in [0.29, 0.717) is 18.5 Å². The Morgan fingerprint density at radius 2 is 2.07 bits per heavy atom. The lowest BCUT2D eigenvalue weighted by molar-refractivity contribution is 0.0483. The standard InChI is InChI=1S/C12H26N2O/c1-3-12(2,15)9-14-11-7-5-4-6-10(11)8-13/h10-11,14-15H,3-9,13H2,1-2H3. The van der Waals surface area contributed by atoms with Crippen molar-refractivity contribution < 1.29 is 5.11 Å². The van der Waals surface area contributed by atoms with E-state index in [2.05, 4.69) is 5.32 Å². The van der Waals surface area contributed by atoms with Gasteiger partial charge in [-0.15, -0.1) is 0 Å². The van der Waals surface area contributed by atoms with Gasteiger partial charge in [0, 0.05) is 12.6 Å². The van der Waals surface area contributed by atoms with E-state index >= 15 is 0 Å². The summed E-state index contributed by atoms with van der Waals surface area (Å²) in [6, 6.07) is 0.516. The zero-order chi connectivity index (χ0) is 11.3. The Kier molecular flexibility index (Phi) is 5.03. The minimum absolute atomic E-state index is 0.516. The van der Waals surface area contributed by atoms with E-state index in [1.807, 2.05) is 13.8 Å². The van der Waals surface area contributed by atoms with Crippen LogP contribution in [0.5, 0.6) is 0 Å². The Morgan fingerprint density at radius 1 is 1.40 bits per heavy atom. The van der Waals surface area contributed by atoms with Crippen molar-refractivity contribution in [1.82, 2.24) is 5.32 Å². The summed E-state index contributed by atoms with van der Waals surface area (Å²) >= 11 is 0. The first-order valence-electron chi connectivity index (χ1n) is 6.25. The first-order valence-corrected chi connectivity index (χ1v) is 6.25. The molecule has 3 nitrogen and oxygen atoms in total. The summed E-state index contributed by atoms with van der Waals surface area (Å²) in [4.78, 5) is 0. The molecule has 0 radical (unpaired) electrons. The summed E-state index contributed by atoms with van der Waals surface area (Å²) in [5.74, 6) is 0.603.